The Bertz CT molecular complexity index is 503. The zero-order valence-electron chi connectivity index (χ0n) is 12.1. The fourth-order valence-electron chi connectivity index (χ4n) is 3.09. The number of ether oxygens (including phenoxy) is 1. The van der Waals surface area contributed by atoms with E-state index in [1.165, 1.54) is 12.1 Å². The minimum absolute atomic E-state index is 0.00269. The lowest BCUT2D eigenvalue weighted by Crippen LogP contribution is -2.51. The number of nitrogens with zero attached hydrogens (tertiary/aromatic N) is 1. The van der Waals surface area contributed by atoms with Gasteiger partial charge in [0.15, 0.2) is 0 Å². The molecule has 2 saturated heterocycles. The molecule has 21 heavy (non-hydrogen) atoms. The van der Waals surface area contributed by atoms with Crippen LogP contribution in [0.2, 0.25) is 0 Å². The smallest absolute Gasteiger partial charge is 0.228 e. The summed E-state index contributed by atoms with van der Waals surface area (Å²) in [6, 6.07) is 6.59. The van der Waals surface area contributed by atoms with Crippen molar-refractivity contribution in [3.8, 4) is 0 Å². The Hall–Kier alpha value is -1.46. The third kappa shape index (κ3) is 3.41. The Kier molecular flexibility index (Phi) is 4.51. The van der Waals surface area contributed by atoms with Gasteiger partial charge < -0.3 is 15.0 Å². The largest absolute Gasteiger partial charge is 0.381 e. The highest BCUT2D eigenvalue weighted by Crippen LogP contribution is 2.22. The van der Waals surface area contributed by atoms with Gasteiger partial charge in [0.2, 0.25) is 5.91 Å². The van der Waals surface area contributed by atoms with Gasteiger partial charge in [0.1, 0.15) is 5.82 Å². The van der Waals surface area contributed by atoms with Gasteiger partial charge in [-0.15, -0.1) is 0 Å². The van der Waals surface area contributed by atoms with E-state index < -0.39 is 0 Å². The Balaban J connectivity index is 1.66. The fraction of sp³-hybridized carbons (Fsp3) is 0.562. The van der Waals surface area contributed by atoms with Crippen LogP contribution in [0.15, 0.2) is 24.3 Å². The maximum absolute atomic E-state index is 13.3. The Morgan fingerprint density at radius 1 is 1.43 bits per heavy atom. The lowest BCUT2D eigenvalue weighted by molar-refractivity contribution is -0.141. The second-order valence-corrected chi connectivity index (χ2v) is 5.76. The molecule has 2 aliphatic heterocycles. The van der Waals surface area contributed by atoms with Gasteiger partial charge in [-0.05, 0) is 30.5 Å². The molecule has 0 bridgehead atoms. The zero-order valence-corrected chi connectivity index (χ0v) is 12.1. The molecular formula is C16H21FN2O2. The van der Waals surface area contributed by atoms with Gasteiger partial charge >= 0.3 is 0 Å². The number of amides is 1. The molecule has 2 aliphatic rings. The summed E-state index contributed by atoms with van der Waals surface area (Å²) in [4.78, 5) is 14.4. The number of hydrogen-bond donors (Lipinski definition) is 1. The maximum atomic E-state index is 13.3. The average molecular weight is 292 g/mol. The standard InChI is InChI=1S/C16H21FN2O2/c17-14-5-1-3-12(9-14)15-10-19(7-6-18-15)16(20)13-4-2-8-21-11-13/h1,3,5,9,13,15,18H,2,4,6-8,10-11H2/t13-,15-/m0/s1. The molecule has 1 aromatic rings. The first-order valence-electron chi connectivity index (χ1n) is 7.59. The van der Waals surface area contributed by atoms with E-state index in [4.69, 9.17) is 4.74 Å². The number of rotatable bonds is 2. The number of carbonyl (C=O) groups excluding carboxylic acids is 1. The summed E-state index contributed by atoms with van der Waals surface area (Å²) < 4.78 is 18.8. The zero-order chi connectivity index (χ0) is 14.7. The van der Waals surface area contributed by atoms with Crippen LogP contribution in [0, 0.1) is 11.7 Å². The predicted molar refractivity (Wildman–Crippen MR) is 77.3 cm³/mol. The molecule has 1 amide bonds. The van der Waals surface area contributed by atoms with Crippen LogP contribution in [0.25, 0.3) is 0 Å². The third-order valence-corrected chi connectivity index (χ3v) is 4.25. The van der Waals surface area contributed by atoms with Crippen LogP contribution in [-0.4, -0.2) is 43.7 Å². The van der Waals surface area contributed by atoms with E-state index in [9.17, 15) is 9.18 Å². The van der Waals surface area contributed by atoms with Crippen molar-refractivity contribution in [3.05, 3.63) is 35.6 Å². The molecule has 0 unspecified atom stereocenters. The normalized spacial score (nSPS) is 26.6. The topological polar surface area (TPSA) is 41.6 Å². The summed E-state index contributed by atoms with van der Waals surface area (Å²) in [5.41, 5.74) is 0.896. The SMILES string of the molecule is O=C([C@H]1CCCOC1)N1CCN[C@H](c2cccc(F)c2)C1. The van der Waals surface area contributed by atoms with Gasteiger partial charge in [-0.25, -0.2) is 4.39 Å². The number of benzene rings is 1. The third-order valence-electron chi connectivity index (χ3n) is 4.25. The van der Waals surface area contributed by atoms with Crippen molar-refractivity contribution in [2.24, 2.45) is 5.92 Å². The lowest BCUT2D eigenvalue weighted by Gasteiger charge is -2.36. The van der Waals surface area contributed by atoms with Gasteiger partial charge in [0.05, 0.1) is 18.6 Å². The molecular weight excluding hydrogens is 271 g/mol. The van der Waals surface area contributed by atoms with E-state index in [1.807, 2.05) is 11.0 Å². The molecule has 0 aromatic heterocycles. The molecule has 3 rings (SSSR count). The van der Waals surface area contributed by atoms with Crippen molar-refractivity contribution in [2.75, 3.05) is 32.8 Å². The number of hydrogen-bond acceptors (Lipinski definition) is 3. The molecule has 4 nitrogen and oxygen atoms in total. The average Bonchev–Trinajstić information content (AvgIpc) is 2.55. The van der Waals surface area contributed by atoms with Crippen molar-refractivity contribution >= 4 is 5.91 Å². The van der Waals surface area contributed by atoms with Crippen molar-refractivity contribution in [2.45, 2.75) is 18.9 Å². The highest BCUT2D eigenvalue weighted by Gasteiger charge is 2.30. The molecule has 2 heterocycles. The summed E-state index contributed by atoms with van der Waals surface area (Å²) in [6.45, 7) is 3.34. The molecule has 0 spiro atoms. The van der Waals surface area contributed by atoms with Crippen LogP contribution in [0.5, 0.6) is 0 Å². The summed E-state index contributed by atoms with van der Waals surface area (Å²) >= 11 is 0. The summed E-state index contributed by atoms with van der Waals surface area (Å²) in [5, 5.41) is 3.36. The second-order valence-electron chi connectivity index (χ2n) is 5.76. The van der Waals surface area contributed by atoms with Crippen molar-refractivity contribution in [3.63, 3.8) is 0 Å². The molecule has 2 fully saturated rings. The first kappa shape index (κ1) is 14.5. The van der Waals surface area contributed by atoms with E-state index in [0.29, 0.717) is 19.7 Å². The van der Waals surface area contributed by atoms with E-state index >= 15 is 0 Å². The monoisotopic (exact) mass is 292 g/mol. The van der Waals surface area contributed by atoms with Crippen LogP contribution >= 0.6 is 0 Å². The van der Waals surface area contributed by atoms with Crippen LogP contribution in [0.4, 0.5) is 4.39 Å². The van der Waals surface area contributed by atoms with Crippen LogP contribution in [0.1, 0.15) is 24.4 Å². The van der Waals surface area contributed by atoms with E-state index in [0.717, 1.165) is 31.6 Å². The van der Waals surface area contributed by atoms with Crippen LogP contribution in [0.3, 0.4) is 0 Å². The summed E-state index contributed by atoms with van der Waals surface area (Å²) in [6.07, 6.45) is 1.86. The minimum Gasteiger partial charge on any atom is -0.381 e. The van der Waals surface area contributed by atoms with Gasteiger partial charge in [0, 0.05) is 26.2 Å². The fourth-order valence-corrected chi connectivity index (χ4v) is 3.09. The van der Waals surface area contributed by atoms with Crippen molar-refractivity contribution in [1.29, 1.82) is 0 Å². The predicted octanol–water partition coefficient (Wildman–Crippen LogP) is 1.73. The van der Waals surface area contributed by atoms with Gasteiger partial charge in [-0.1, -0.05) is 12.1 Å². The van der Waals surface area contributed by atoms with Gasteiger partial charge in [-0.3, -0.25) is 4.79 Å². The van der Waals surface area contributed by atoms with Gasteiger partial charge in [0.25, 0.3) is 0 Å². The highest BCUT2D eigenvalue weighted by molar-refractivity contribution is 5.79. The molecule has 0 aliphatic carbocycles. The quantitative estimate of drug-likeness (QED) is 0.902. The molecule has 0 saturated carbocycles. The first-order chi connectivity index (χ1) is 10.2. The molecule has 1 N–H and O–H groups in total. The Labute approximate surface area is 124 Å². The van der Waals surface area contributed by atoms with Crippen molar-refractivity contribution < 1.29 is 13.9 Å². The van der Waals surface area contributed by atoms with Crippen molar-refractivity contribution in [1.82, 2.24) is 10.2 Å². The number of halogens is 1. The summed E-state index contributed by atoms with van der Waals surface area (Å²) in [7, 11) is 0. The lowest BCUT2D eigenvalue weighted by atomic mass is 9.98. The first-order valence-corrected chi connectivity index (χ1v) is 7.59. The van der Waals surface area contributed by atoms with Crippen LogP contribution in [-0.2, 0) is 9.53 Å². The molecule has 5 heteroatoms. The van der Waals surface area contributed by atoms with Gasteiger partial charge in [-0.2, -0.15) is 0 Å². The van der Waals surface area contributed by atoms with E-state index in [2.05, 4.69) is 5.32 Å². The summed E-state index contributed by atoms with van der Waals surface area (Å²) in [5.74, 6) is -0.0685. The maximum Gasteiger partial charge on any atom is 0.228 e. The Morgan fingerprint density at radius 2 is 2.33 bits per heavy atom. The Morgan fingerprint density at radius 3 is 3.10 bits per heavy atom. The molecule has 114 valence electrons. The number of nitrogens with one attached hydrogen (secondary N) is 1. The molecule has 0 radical (unpaired) electrons. The highest BCUT2D eigenvalue weighted by atomic mass is 19.1. The second kappa shape index (κ2) is 6.54. The minimum atomic E-state index is -0.238. The number of carbonyl (C=O) groups is 1. The van der Waals surface area contributed by atoms with Crippen LogP contribution < -0.4 is 5.32 Å². The molecule has 2 atom stereocenters. The molecule has 1 aromatic carbocycles. The van der Waals surface area contributed by atoms with E-state index in [-0.39, 0.29) is 23.7 Å². The van der Waals surface area contributed by atoms with E-state index in [1.54, 1.807) is 6.07 Å². The number of piperazine rings is 1.